The molecule has 1 rings (SSSR count). The third-order valence-electron chi connectivity index (χ3n) is 2.32. The van der Waals surface area contributed by atoms with Crippen LogP contribution < -0.4 is 5.32 Å². The van der Waals surface area contributed by atoms with Crippen molar-refractivity contribution in [2.24, 2.45) is 5.92 Å². The van der Waals surface area contributed by atoms with Crippen LogP contribution in [0.2, 0.25) is 0 Å². The quantitative estimate of drug-likeness (QED) is 0.480. The summed E-state index contributed by atoms with van der Waals surface area (Å²) in [5.41, 5.74) is 0.200. The molecule has 1 aromatic rings. The monoisotopic (exact) mass is 317 g/mol. The van der Waals surface area contributed by atoms with Crippen LogP contribution in [0.1, 0.15) is 30.8 Å². The number of carbonyl (C=O) groups is 1. The highest BCUT2D eigenvalue weighted by Crippen LogP contribution is 2.12. The van der Waals surface area contributed by atoms with E-state index in [0.29, 0.717) is 12.5 Å². The van der Waals surface area contributed by atoms with Gasteiger partial charge in [-0.25, -0.2) is 4.98 Å². The molecular weight excluding hydrogens is 302 g/mol. The summed E-state index contributed by atoms with van der Waals surface area (Å²) in [6, 6.07) is 2.67. The second kappa shape index (κ2) is 6.53. The Morgan fingerprint density at radius 2 is 2.22 bits per heavy atom. The first-order valence-electron chi connectivity index (χ1n) is 5.65. The van der Waals surface area contributed by atoms with Crippen LogP contribution in [0.15, 0.2) is 12.1 Å². The molecule has 1 atom stereocenters. The van der Waals surface area contributed by atoms with E-state index in [-0.39, 0.29) is 22.2 Å². The molecule has 1 unspecified atom stereocenters. The smallest absolute Gasteiger partial charge is 0.321 e. The molecule has 0 saturated heterocycles. The number of halogens is 1. The number of aromatic amines is 1. The van der Waals surface area contributed by atoms with Crippen molar-refractivity contribution in [3.8, 4) is 0 Å². The Morgan fingerprint density at radius 1 is 1.56 bits per heavy atom. The minimum absolute atomic E-state index is 0.183. The number of hydrogen-bond donors (Lipinski definition) is 2. The molecule has 0 aromatic carbocycles. The maximum absolute atomic E-state index is 11.7. The van der Waals surface area contributed by atoms with E-state index in [1.165, 1.54) is 12.1 Å². The molecule has 18 heavy (non-hydrogen) atoms. The van der Waals surface area contributed by atoms with Crippen molar-refractivity contribution in [1.82, 2.24) is 10.3 Å². The predicted molar refractivity (Wildman–Crippen MR) is 72.0 cm³/mol. The van der Waals surface area contributed by atoms with E-state index in [2.05, 4.69) is 40.1 Å². The van der Waals surface area contributed by atoms with Crippen molar-refractivity contribution >= 4 is 27.7 Å². The van der Waals surface area contributed by atoms with Gasteiger partial charge in [0.05, 0.1) is 0 Å². The fraction of sp³-hybridized carbons (Fsp3) is 0.545. The number of aromatic nitrogens is 1. The highest BCUT2D eigenvalue weighted by molar-refractivity contribution is 9.09. The minimum atomic E-state index is -0.567. The number of rotatable bonds is 6. The maximum Gasteiger partial charge on any atom is 0.321 e. The normalized spacial score (nSPS) is 12.4. The zero-order chi connectivity index (χ0) is 13.7. The van der Waals surface area contributed by atoms with Gasteiger partial charge in [-0.05, 0) is 23.3 Å². The molecule has 1 amide bonds. The lowest BCUT2D eigenvalue weighted by Gasteiger charge is -2.12. The summed E-state index contributed by atoms with van der Waals surface area (Å²) in [6.45, 7) is 4.69. The van der Waals surface area contributed by atoms with Crippen LogP contribution in [0.25, 0.3) is 0 Å². The van der Waals surface area contributed by atoms with E-state index in [9.17, 15) is 14.9 Å². The zero-order valence-electron chi connectivity index (χ0n) is 10.3. The van der Waals surface area contributed by atoms with E-state index in [4.69, 9.17) is 0 Å². The lowest BCUT2D eigenvalue weighted by atomic mass is 10.1. The lowest BCUT2D eigenvalue weighted by Crippen LogP contribution is -2.30. The van der Waals surface area contributed by atoms with Gasteiger partial charge in [0.15, 0.2) is 5.69 Å². The molecule has 100 valence electrons. The number of alkyl halides is 1. The molecule has 0 spiro atoms. The van der Waals surface area contributed by atoms with E-state index < -0.39 is 4.92 Å². The van der Waals surface area contributed by atoms with Gasteiger partial charge in [0.2, 0.25) is 0 Å². The molecule has 1 heterocycles. The van der Waals surface area contributed by atoms with Gasteiger partial charge < -0.3 is 15.4 Å². The van der Waals surface area contributed by atoms with Crippen LogP contribution in [0.5, 0.6) is 0 Å². The molecule has 7 heteroatoms. The minimum Gasteiger partial charge on any atom is -0.358 e. The average Bonchev–Trinajstić information content (AvgIpc) is 2.74. The number of carbonyl (C=O) groups excluding carboxylic acids is 1. The van der Waals surface area contributed by atoms with Crippen molar-refractivity contribution < 1.29 is 9.72 Å². The standard InChI is InChI=1S/C11H16BrN3O3/c1-7(2)5-8(12)6-13-11(16)9-3-4-10(14-9)15(17)18/h3-4,7-8,14H,5-6H2,1-2H3,(H,13,16). The van der Waals surface area contributed by atoms with Crippen molar-refractivity contribution in [2.45, 2.75) is 25.1 Å². The molecule has 0 aliphatic rings. The lowest BCUT2D eigenvalue weighted by molar-refractivity contribution is -0.389. The average molecular weight is 318 g/mol. The van der Waals surface area contributed by atoms with E-state index >= 15 is 0 Å². The van der Waals surface area contributed by atoms with Crippen LogP contribution in [0.3, 0.4) is 0 Å². The zero-order valence-corrected chi connectivity index (χ0v) is 11.9. The number of nitrogens with one attached hydrogen (secondary N) is 2. The van der Waals surface area contributed by atoms with Crippen molar-refractivity contribution in [3.05, 3.63) is 27.9 Å². The second-order valence-corrected chi connectivity index (χ2v) is 5.75. The number of nitrogens with zero attached hydrogens (tertiary/aromatic N) is 1. The van der Waals surface area contributed by atoms with E-state index in [1.807, 2.05) is 0 Å². The summed E-state index contributed by atoms with van der Waals surface area (Å²) in [4.78, 5) is 24.2. The summed E-state index contributed by atoms with van der Waals surface area (Å²) < 4.78 is 0. The molecule has 0 aliphatic carbocycles. The molecule has 6 nitrogen and oxygen atoms in total. The predicted octanol–water partition coefficient (Wildman–Crippen LogP) is 2.46. The second-order valence-electron chi connectivity index (χ2n) is 4.45. The van der Waals surface area contributed by atoms with Crippen molar-refractivity contribution in [1.29, 1.82) is 0 Å². The molecule has 0 aliphatic heterocycles. The summed E-state index contributed by atoms with van der Waals surface area (Å²) in [6.07, 6.45) is 0.950. The Bertz CT molecular complexity index is 431. The maximum atomic E-state index is 11.7. The van der Waals surface area contributed by atoms with E-state index in [0.717, 1.165) is 6.42 Å². The SMILES string of the molecule is CC(C)CC(Br)CNC(=O)c1ccc([N+](=O)[O-])[nH]1. The first-order valence-corrected chi connectivity index (χ1v) is 6.57. The molecule has 0 saturated carbocycles. The summed E-state index contributed by atoms with van der Waals surface area (Å²) in [5, 5.41) is 13.2. The Morgan fingerprint density at radius 3 is 2.72 bits per heavy atom. The fourth-order valence-corrected chi connectivity index (χ4v) is 2.43. The van der Waals surface area contributed by atoms with Crippen molar-refractivity contribution in [2.75, 3.05) is 6.54 Å². The third-order valence-corrected chi connectivity index (χ3v) is 3.02. The highest BCUT2D eigenvalue weighted by Gasteiger charge is 2.16. The van der Waals surface area contributed by atoms with E-state index in [1.54, 1.807) is 0 Å². The van der Waals surface area contributed by atoms with Crippen LogP contribution in [-0.2, 0) is 0 Å². The van der Waals surface area contributed by atoms with Gasteiger partial charge in [0, 0.05) is 17.4 Å². The fourth-order valence-electron chi connectivity index (χ4n) is 1.52. The van der Waals surface area contributed by atoms with Gasteiger partial charge in [-0.15, -0.1) is 0 Å². The molecule has 1 aromatic heterocycles. The first kappa shape index (κ1) is 14.7. The van der Waals surface area contributed by atoms with Gasteiger partial charge in [0.25, 0.3) is 5.91 Å². The van der Waals surface area contributed by atoms with Crippen LogP contribution in [0, 0.1) is 16.0 Å². The summed E-state index contributed by atoms with van der Waals surface area (Å²) in [5.74, 6) is 0.0203. The first-order chi connectivity index (χ1) is 8.40. The Hall–Kier alpha value is -1.37. The Balaban J connectivity index is 2.47. The van der Waals surface area contributed by atoms with Crippen LogP contribution >= 0.6 is 15.9 Å². The van der Waals surface area contributed by atoms with Gasteiger partial charge in [-0.3, -0.25) is 4.79 Å². The number of nitro groups is 1. The van der Waals surface area contributed by atoms with Gasteiger partial charge >= 0.3 is 5.82 Å². The number of H-pyrrole nitrogens is 1. The number of hydrogen-bond acceptors (Lipinski definition) is 3. The molecule has 0 fully saturated rings. The van der Waals surface area contributed by atoms with Gasteiger partial charge in [-0.2, -0.15) is 0 Å². The summed E-state index contributed by atoms with van der Waals surface area (Å²) >= 11 is 3.47. The summed E-state index contributed by atoms with van der Waals surface area (Å²) in [7, 11) is 0. The topological polar surface area (TPSA) is 88.0 Å². The van der Waals surface area contributed by atoms with Gasteiger partial charge in [-0.1, -0.05) is 29.8 Å². The van der Waals surface area contributed by atoms with Crippen molar-refractivity contribution in [3.63, 3.8) is 0 Å². The molecular formula is C11H16BrN3O3. The highest BCUT2D eigenvalue weighted by atomic mass is 79.9. The van der Waals surface area contributed by atoms with Crippen LogP contribution in [-0.4, -0.2) is 27.2 Å². The third kappa shape index (κ3) is 4.48. The number of amides is 1. The largest absolute Gasteiger partial charge is 0.358 e. The molecule has 2 N–H and O–H groups in total. The van der Waals surface area contributed by atoms with Gasteiger partial charge in [0.1, 0.15) is 0 Å². The molecule has 0 radical (unpaired) electrons. The molecule has 0 bridgehead atoms. The van der Waals surface area contributed by atoms with Crippen LogP contribution in [0.4, 0.5) is 5.82 Å². The Kier molecular flexibility index (Phi) is 5.33. The Labute approximate surface area is 113 Å².